The molecule has 106 valence electrons. The average molecular weight is 273 g/mol. The highest BCUT2D eigenvalue weighted by Crippen LogP contribution is 2.32. The predicted octanol–water partition coefficient (Wildman–Crippen LogP) is 3.70. The lowest BCUT2D eigenvalue weighted by Crippen LogP contribution is -2.33. The molecule has 1 aliphatic rings. The number of nitro groups is 1. The lowest BCUT2D eigenvalue weighted by atomic mass is 9.80. The van der Waals surface area contributed by atoms with Crippen molar-refractivity contribution in [1.29, 1.82) is 5.26 Å². The van der Waals surface area contributed by atoms with Gasteiger partial charge in [-0.2, -0.15) is 5.26 Å². The maximum atomic E-state index is 10.7. The second-order valence-electron chi connectivity index (χ2n) is 5.75. The van der Waals surface area contributed by atoms with Crippen molar-refractivity contribution in [3.63, 3.8) is 0 Å². The number of hydrogen-bond acceptors (Lipinski definition) is 4. The summed E-state index contributed by atoms with van der Waals surface area (Å²) in [6.45, 7) is 4.48. The maximum absolute atomic E-state index is 10.7. The first kappa shape index (κ1) is 14.3. The lowest BCUT2D eigenvalue weighted by Gasteiger charge is -2.34. The number of nitrogens with one attached hydrogen (secondary N) is 1. The van der Waals surface area contributed by atoms with Crippen LogP contribution in [-0.2, 0) is 0 Å². The van der Waals surface area contributed by atoms with Gasteiger partial charge in [-0.25, -0.2) is 0 Å². The second kappa shape index (κ2) is 5.91. The third-order valence-electron chi connectivity index (χ3n) is 4.11. The van der Waals surface area contributed by atoms with Crippen LogP contribution in [0.1, 0.15) is 38.7 Å². The zero-order valence-electron chi connectivity index (χ0n) is 11.8. The van der Waals surface area contributed by atoms with Gasteiger partial charge in [0.15, 0.2) is 0 Å². The van der Waals surface area contributed by atoms with Crippen LogP contribution in [0.5, 0.6) is 0 Å². The van der Waals surface area contributed by atoms with E-state index in [0.717, 1.165) is 12.3 Å². The molecule has 3 unspecified atom stereocenters. The zero-order valence-corrected chi connectivity index (χ0v) is 11.8. The van der Waals surface area contributed by atoms with E-state index in [9.17, 15) is 10.1 Å². The summed E-state index contributed by atoms with van der Waals surface area (Å²) in [5.41, 5.74) is 0.993. The van der Waals surface area contributed by atoms with E-state index in [1.807, 2.05) is 6.07 Å². The van der Waals surface area contributed by atoms with Gasteiger partial charge in [-0.05, 0) is 37.2 Å². The first-order chi connectivity index (χ1) is 9.51. The number of non-ortho nitro benzene ring substituents is 1. The highest BCUT2D eigenvalue weighted by molar-refractivity contribution is 5.61. The molecule has 3 atom stereocenters. The molecule has 5 heteroatoms. The number of nitro benzene ring substituents is 1. The molecule has 0 amide bonds. The largest absolute Gasteiger partial charge is 0.381 e. The van der Waals surface area contributed by atoms with E-state index in [4.69, 9.17) is 5.26 Å². The van der Waals surface area contributed by atoms with Crippen LogP contribution in [0, 0.1) is 33.3 Å². The molecule has 0 radical (unpaired) electrons. The molecule has 1 saturated carbocycles. The number of benzene rings is 1. The third-order valence-corrected chi connectivity index (χ3v) is 4.11. The molecule has 0 aliphatic heterocycles. The first-order valence-electron chi connectivity index (χ1n) is 6.96. The first-order valence-corrected chi connectivity index (χ1v) is 6.96. The molecule has 0 spiro atoms. The molecular weight excluding hydrogens is 254 g/mol. The SMILES string of the molecule is CC1CCC(Nc2ccc([N+](=O)[O-])cc2C#N)C(C)C1. The molecule has 0 bridgehead atoms. The molecule has 1 N–H and O–H groups in total. The Labute approximate surface area is 118 Å². The summed E-state index contributed by atoms with van der Waals surface area (Å²) in [6.07, 6.45) is 3.42. The van der Waals surface area contributed by atoms with Crippen molar-refractivity contribution in [3.8, 4) is 6.07 Å². The number of anilines is 1. The Balaban J connectivity index is 2.17. The van der Waals surface area contributed by atoms with E-state index in [1.165, 1.54) is 25.0 Å². The topological polar surface area (TPSA) is 79.0 Å². The molecule has 0 heterocycles. The van der Waals surface area contributed by atoms with E-state index in [2.05, 4.69) is 19.2 Å². The van der Waals surface area contributed by atoms with Gasteiger partial charge in [-0.3, -0.25) is 10.1 Å². The lowest BCUT2D eigenvalue weighted by molar-refractivity contribution is -0.384. The van der Waals surface area contributed by atoms with Crippen molar-refractivity contribution in [2.75, 3.05) is 5.32 Å². The van der Waals surface area contributed by atoms with Crippen LogP contribution in [-0.4, -0.2) is 11.0 Å². The van der Waals surface area contributed by atoms with Crippen LogP contribution in [0.3, 0.4) is 0 Å². The molecule has 1 aromatic rings. The van der Waals surface area contributed by atoms with E-state index in [1.54, 1.807) is 6.07 Å². The minimum atomic E-state index is -0.477. The van der Waals surface area contributed by atoms with Crippen LogP contribution in [0.25, 0.3) is 0 Å². The van der Waals surface area contributed by atoms with Gasteiger partial charge in [0.2, 0.25) is 0 Å². The Morgan fingerprint density at radius 2 is 2.15 bits per heavy atom. The van der Waals surface area contributed by atoms with Crippen molar-refractivity contribution in [3.05, 3.63) is 33.9 Å². The van der Waals surface area contributed by atoms with Crippen molar-refractivity contribution < 1.29 is 4.92 Å². The Bertz CT molecular complexity index is 551. The smallest absolute Gasteiger partial charge is 0.270 e. The summed E-state index contributed by atoms with van der Waals surface area (Å²) >= 11 is 0. The fraction of sp³-hybridized carbons (Fsp3) is 0.533. The van der Waals surface area contributed by atoms with Crippen molar-refractivity contribution in [1.82, 2.24) is 0 Å². The monoisotopic (exact) mass is 273 g/mol. The standard InChI is InChI=1S/C15H19N3O2/c1-10-3-5-14(11(2)7-10)17-15-6-4-13(18(19)20)8-12(15)9-16/h4,6,8,10-11,14,17H,3,5,7H2,1-2H3. The summed E-state index contributed by atoms with van der Waals surface area (Å²) in [4.78, 5) is 10.3. The van der Waals surface area contributed by atoms with E-state index < -0.39 is 4.92 Å². The van der Waals surface area contributed by atoms with Crippen LogP contribution < -0.4 is 5.32 Å². The van der Waals surface area contributed by atoms with E-state index in [0.29, 0.717) is 23.2 Å². The zero-order chi connectivity index (χ0) is 14.7. The third kappa shape index (κ3) is 3.08. The molecular formula is C15H19N3O2. The summed E-state index contributed by atoms with van der Waals surface area (Å²) < 4.78 is 0. The van der Waals surface area contributed by atoms with E-state index in [-0.39, 0.29) is 5.69 Å². The number of hydrogen-bond donors (Lipinski definition) is 1. The van der Waals surface area contributed by atoms with Gasteiger partial charge in [0.05, 0.1) is 16.2 Å². The predicted molar refractivity (Wildman–Crippen MR) is 77.4 cm³/mol. The van der Waals surface area contributed by atoms with Crippen LogP contribution in [0.4, 0.5) is 11.4 Å². The second-order valence-corrected chi connectivity index (χ2v) is 5.75. The molecule has 0 saturated heterocycles. The van der Waals surface area contributed by atoms with Gasteiger partial charge in [-0.15, -0.1) is 0 Å². The molecule has 2 rings (SSSR count). The van der Waals surface area contributed by atoms with E-state index >= 15 is 0 Å². The molecule has 0 aromatic heterocycles. The molecule has 1 aromatic carbocycles. The maximum Gasteiger partial charge on any atom is 0.270 e. The fourth-order valence-corrected chi connectivity index (χ4v) is 2.94. The highest BCUT2D eigenvalue weighted by atomic mass is 16.6. The average Bonchev–Trinajstić information content (AvgIpc) is 2.42. The summed E-state index contributed by atoms with van der Waals surface area (Å²) in [5.74, 6) is 1.29. The van der Waals surface area contributed by atoms with Gasteiger partial charge in [-0.1, -0.05) is 13.8 Å². The van der Waals surface area contributed by atoms with Crippen LogP contribution in [0.2, 0.25) is 0 Å². The fourth-order valence-electron chi connectivity index (χ4n) is 2.94. The Kier molecular flexibility index (Phi) is 4.23. The summed E-state index contributed by atoms with van der Waals surface area (Å²) in [7, 11) is 0. The highest BCUT2D eigenvalue weighted by Gasteiger charge is 2.26. The summed E-state index contributed by atoms with van der Waals surface area (Å²) in [6, 6.07) is 6.79. The van der Waals surface area contributed by atoms with Crippen molar-refractivity contribution in [2.24, 2.45) is 11.8 Å². The molecule has 20 heavy (non-hydrogen) atoms. The number of nitriles is 1. The van der Waals surface area contributed by atoms with Gasteiger partial charge >= 0.3 is 0 Å². The molecule has 5 nitrogen and oxygen atoms in total. The van der Waals surface area contributed by atoms with Gasteiger partial charge < -0.3 is 5.32 Å². The van der Waals surface area contributed by atoms with Crippen molar-refractivity contribution >= 4 is 11.4 Å². The molecule has 1 fully saturated rings. The molecule has 1 aliphatic carbocycles. The number of rotatable bonds is 3. The Morgan fingerprint density at radius 1 is 1.40 bits per heavy atom. The quantitative estimate of drug-likeness (QED) is 0.672. The van der Waals surface area contributed by atoms with Gasteiger partial charge in [0.1, 0.15) is 6.07 Å². The van der Waals surface area contributed by atoms with Crippen molar-refractivity contribution in [2.45, 2.75) is 39.2 Å². The van der Waals surface area contributed by atoms with Gasteiger partial charge in [0.25, 0.3) is 5.69 Å². The van der Waals surface area contributed by atoms with Crippen LogP contribution >= 0.6 is 0 Å². The Morgan fingerprint density at radius 3 is 2.75 bits per heavy atom. The minimum absolute atomic E-state index is 0.0441. The Hall–Kier alpha value is -2.09. The minimum Gasteiger partial charge on any atom is -0.381 e. The van der Waals surface area contributed by atoms with Gasteiger partial charge in [0, 0.05) is 18.2 Å². The number of nitrogens with zero attached hydrogens (tertiary/aromatic N) is 2. The summed E-state index contributed by atoms with van der Waals surface area (Å²) in [5, 5.41) is 23.3. The van der Waals surface area contributed by atoms with Crippen LogP contribution in [0.15, 0.2) is 18.2 Å². The normalized spacial score (nSPS) is 25.8.